The molecular formula is C17H30O2. The smallest absolute Gasteiger partial charge is 0.309 e. The number of ether oxygens (including phenoxy) is 1. The zero-order chi connectivity index (χ0) is 14.2. The first-order chi connectivity index (χ1) is 8.93. The van der Waals surface area contributed by atoms with Crippen molar-refractivity contribution >= 4 is 5.97 Å². The Bertz CT molecular complexity index is 334. The van der Waals surface area contributed by atoms with Crippen molar-refractivity contribution in [2.24, 2.45) is 29.6 Å². The molecule has 0 radical (unpaired) electrons. The van der Waals surface area contributed by atoms with Crippen molar-refractivity contribution < 1.29 is 9.53 Å². The zero-order valence-electron chi connectivity index (χ0n) is 13.2. The van der Waals surface area contributed by atoms with Crippen molar-refractivity contribution in [2.75, 3.05) is 0 Å². The molecule has 2 saturated carbocycles. The van der Waals surface area contributed by atoms with Crippen LogP contribution >= 0.6 is 0 Å². The molecule has 5 unspecified atom stereocenters. The van der Waals surface area contributed by atoms with Gasteiger partial charge in [-0.15, -0.1) is 0 Å². The minimum absolute atomic E-state index is 0.0763. The van der Waals surface area contributed by atoms with E-state index in [-0.39, 0.29) is 17.5 Å². The molecule has 2 aliphatic carbocycles. The predicted octanol–water partition coefficient (Wildman–Crippen LogP) is 4.43. The molecule has 2 heteroatoms. The minimum atomic E-state index is -0.301. The summed E-state index contributed by atoms with van der Waals surface area (Å²) in [5.41, 5.74) is -0.301. The van der Waals surface area contributed by atoms with Gasteiger partial charge in [0.05, 0.1) is 5.92 Å². The Hall–Kier alpha value is -0.530. The van der Waals surface area contributed by atoms with E-state index in [1.54, 1.807) is 0 Å². The van der Waals surface area contributed by atoms with Crippen LogP contribution < -0.4 is 0 Å². The van der Waals surface area contributed by atoms with Crippen LogP contribution in [0.4, 0.5) is 0 Å². The molecule has 0 amide bonds. The summed E-state index contributed by atoms with van der Waals surface area (Å²) in [6.45, 7) is 10.7. The molecule has 0 heterocycles. The van der Waals surface area contributed by atoms with Crippen LogP contribution in [0.15, 0.2) is 0 Å². The van der Waals surface area contributed by atoms with E-state index in [9.17, 15) is 4.79 Å². The highest BCUT2D eigenvalue weighted by Gasteiger charge is 2.53. The Kier molecular flexibility index (Phi) is 4.27. The molecule has 2 nitrogen and oxygen atoms in total. The first-order valence-corrected chi connectivity index (χ1v) is 8.16. The van der Waals surface area contributed by atoms with Gasteiger partial charge in [0.15, 0.2) is 0 Å². The average molecular weight is 266 g/mol. The van der Waals surface area contributed by atoms with Gasteiger partial charge in [-0.1, -0.05) is 33.6 Å². The van der Waals surface area contributed by atoms with E-state index in [0.29, 0.717) is 5.92 Å². The molecule has 0 aromatic carbocycles. The Morgan fingerprint density at radius 3 is 2.26 bits per heavy atom. The molecule has 2 bridgehead atoms. The van der Waals surface area contributed by atoms with Crippen LogP contribution in [0.5, 0.6) is 0 Å². The van der Waals surface area contributed by atoms with E-state index in [1.807, 2.05) is 13.8 Å². The van der Waals surface area contributed by atoms with Crippen molar-refractivity contribution in [3.63, 3.8) is 0 Å². The van der Waals surface area contributed by atoms with Gasteiger partial charge in [-0.3, -0.25) is 4.79 Å². The van der Waals surface area contributed by atoms with Gasteiger partial charge in [0.1, 0.15) is 5.60 Å². The molecule has 0 N–H and O–H groups in total. The number of hydrogen-bond acceptors (Lipinski definition) is 2. The first-order valence-electron chi connectivity index (χ1n) is 8.16. The second kappa shape index (κ2) is 5.46. The number of fused-ring (bicyclic) bond motifs is 2. The van der Waals surface area contributed by atoms with Crippen LogP contribution in [0.1, 0.15) is 66.7 Å². The second-order valence-corrected chi connectivity index (χ2v) is 7.18. The standard InChI is InChI=1S/C17H30O2/c1-6-12-11-9-14(13(12)7-2)15(10-11)16(18)19-17(4,5)8-3/h11-15H,6-10H2,1-5H3. The van der Waals surface area contributed by atoms with Gasteiger partial charge in [0.2, 0.25) is 0 Å². The highest BCUT2D eigenvalue weighted by molar-refractivity contribution is 5.74. The van der Waals surface area contributed by atoms with Crippen LogP contribution in [-0.2, 0) is 9.53 Å². The quantitative estimate of drug-likeness (QED) is 0.688. The number of esters is 1. The van der Waals surface area contributed by atoms with E-state index >= 15 is 0 Å². The van der Waals surface area contributed by atoms with Crippen LogP contribution in [-0.4, -0.2) is 11.6 Å². The molecule has 2 aliphatic rings. The van der Waals surface area contributed by atoms with Crippen molar-refractivity contribution in [1.29, 1.82) is 0 Å². The molecule has 5 atom stereocenters. The molecule has 0 saturated heterocycles. The summed E-state index contributed by atoms with van der Waals surface area (Å²) in [4.78, 5) is 12.4. The molecule has 2 fully saturated rings. The lowest BCUT2D eigenvalue weighted by Gasteiger charge is -2.35. The van der Waals surface area contributed by atoms with Gasteiger partial charge in [-0.05, 0) is 56.8 Å². The highest BCUT2D eigenvalue weighted by Crippen LogP contribution is 2.57. The summed E-state index contributed by atoms with van der Waals surface area (Å²) >= 11 is 0. The largest absolute Gasteiger partial charge is 0.459 e. The Morgan fingerprint density at radius 2 is 1.74 bits per heavy atom. The Balaban J connectivity index is 2.03. The van der Waals surface area contributed by atoms with Crippen LogP contribution in [0.3, 0.4) is 0 Å². The third kappa shape index (κ3) is 2.68. The lowest BCUT2D eigenvalue weighted by atomic mass is 9.72. The topological polar surface area (TPSA) is 26.3 Å². The fourth-order valence-corrected chi connectivity index (χ4v) is 4.53. The van der Waals surface area contributed by atoms with Gasteiger partial charge < -0.3 is 4.74 Å². The van der Waals surface area contributed by atoms with Crippen LogP contribution in [0.2, 0.25) is 0 Å². The minimum Gasteiger partial charge on any atom is -0.459 e. The summed E-state index contributed by atoms with van der Waals surface area (Å²) in [5.74, 6) is 3.25. The summed E-state index contributed by atoms with van der Waals surface area (Å²) < 4.78 is 5.75. The lowest BCUT2D eigenvalue weighted by molar-refractivity contribution is -0.165. The maximum atomic E-state index is 12.4. The van der Waals surface area contributed by atoms with E-state index < -0.39 is 0 Å². The number of carbonyl (C=O) groups excluding carboxylic acids is 1. The third-order valence-electron chi connectivity index (χ3n) is 5.83. The van der Waals surface area contributed by atoms with Gasteiger partial charge >= 0.3 is 5.97 Å². The lowest BCUT2D eigenvalue weighted by Crippen LogP contribution is -2.37. The van der Waals surface area contributed by atoms with E-state index in [4.69, 9.17) is 4.74 Å². The first kappa shape index (κ1) is 14.9. The third-order valence-corrected chi connectivity index (χ3v) is 5.83. The van der Waals surface area contributed by atoms with Crippen LogP contribution in [0.25, 0.3) is 0 Å². The monoisotopic (exact) mass is 266 g/mol. The highest BCUT2D eigenvalue weighted by atomic mass is 16.6. The second-order valence-electron chi connectivity index (χ2n) is 7.18. The molecule has 2 rings (SSSR count). The normalized spacial score (nSPS) is 37.6. The maximum absolute atomic E-state index is 12.4. The number of carbonyl (C=O) groups is 1. The van der Waals surface area contributed by atoms with E-state index in [2.05, 4.69) is 20.8 Å². The average Bonchev–Trinajstić information content (AvgIpc) is 2.94. The van der Waals surface area contributed by atoms with E-state index in [0.717, 1.165) is 30.6 Å². The fraction of sp³-hybridized carbons (Fsp3) is 0.941. The van der Waals surface area contributed by atoms with E-state index in [1.165, 1.54) is 19.3 Å². The maximum Gasteiger partial charge on any atom is 0.309 e. The predicted molar refractivity (Wildman–Crippen MR) is 77.7 cm³/mol. The SMILES string of the molecule is CCC1C2CC(C(=O)OC(C)(C)CC)C(C2)C1CC. The van der Waals surface area contributed by atoms with Crippen molar-refractivity contribution in [3.8, 4) is 0 Å². The van der Waals surface area contributed by atoms with Crippen LogP contribution in [0, 0.1) is 29.6 Å². The molecule has 110 valence electrons. The molecule has 0 spiro atoms. The van der Waals surface area contributed by atoms with Gasteiger partial charge in [-0.25, -0.2) is 0 Å². The summed E-state index contributed by atoms with van der Waals surface area (Å²) in [5, 5.41) is 0. The zero-order valence-corrected chi connectivity index (χ0v) is 13.2. The van der Waals surface area contributed by atoms with Gasteiger partial charge in [-0.2, -0.15) is 0 Å². The molecule has 0 aromatic heterocycles. The Labute approximate surface area is 118 Å². The summed E-state index contributed by atoms with van der Waals surface area (Å²) in [6.07, 6.45) is 5.73. The van der Waals surface area contributed by atoms with Gasteiger partial charge in [0, 0.05) is 0 Å². The van der Waals surface area contributed by atoms with Gasteiger partial charge in [0.25, 0.3) is 0 Å². The van der Waals surface area contributed by atoms with Crippen molar-refractivity contribution in [1.82, 2.24) is 0 Å². The number of hydrogen-bond donors (Lipinski definition) is 0. The summed E-state index contributed by atoms with van der Waals surface area (Å²) in [7, 11) is 0. The molecule has 0 aliphatic heterocycles. The number of rotatable bonds is 5. The molecule has 0 aromatic rings. The molecule has 19 heavy (non-hydrogen) atoms. The molecular weight excluding hydrogens is 236 g/mol. The fourth-order valence-electron chi connectivity index (χ4n) is 4.53. The summed E-state index contributed by atoms with van der Waals surface area (Å²) in [6, 6.07) is 0. The van der Waals surface area contributed by atoms with Crippen molar-refractivity contribution in [3.05, 3.63) is 0 Å². The Morgan fingerprint density at radius 1 is 1.11 bits per heavy atom. The van der Waals surface area contributed by atoms with Crippen molar-refractivity contribution in [2.45, 2.75) is 72.3 Å².